The van der Waals surface area contributed by atoms with Crippen LogP contribution in [0.25, 0.3) is 16.7 Å². The van der Waals surface area contributed by atoms with Crippen LogP contribution in [-0.2, 0) is 4.74 Å². The van der Waals surface area contributed by atoms with E-state index in [1.165, 1.54) is 0 Å². The van der Waals surface area contributed by atoms with Gasteiger partial charge < -0.3 is 10.1 Å². The maximum Gasteiger partial charge on any atom is 0.168 e. The highest BCUT2D eigenvalue weighted by Gasteiger charge is 2.13. The van der Waals surface area contributed by atoms with Crippen molar-refractivity contribution in [1.82, 2.24) is 24.6 Å². The van der Waals surface area contributed by atoms with E-state index in [1.54, 1.807) is 17.2 Å². The maximum atomic E-state index is 6.09. The molecule has 1 aliphatic rings. The second kappa shape index (κ2) is 7.35. The van der Waals surface area contributed by atoms with E-state index < -0.39 is 0 Å². The van der Waals surface area contributed by atoms with Crippen molar-refractivity contribution in [2.75, 3.05) is 44.7 Å². The van der Waals surface area contributed by atoms with E-state index in [0.717, 1.165) is 61.9 Å². The Labute approximate surface area is 150 Å². The second-order valence-corrected chi connectivity index (χ2v) is 6.31. The van der Waals surface area contributed by atoms with Crippen molar-refractivity contribution < 1.29 is 4.74 Å². The summed E-state index contributed by atoms with van der Waals surface area (Å²) in [7, 11) is 0. The molecule has 0 bridgehead atoms. The zero-order valence-corrected chi connectivity index (χ0v) is 14.5. The first-order chi connectivity index (χ1) is 12.3. The predicted molar refractivity (Wildman–Crippen MR) is 97.4 cm³/mol. The highest BCUT2D eigenvalue weighted by atomic mass is 35.5. The smallest absolute Gasteiger partial charge is 0.168 e. The molecule has 0 radical (unpaired) electrons. The zero-order valence-electron chi connectivity index (χ0n) is 13.7. The van der Waals surface area contributed by atoms with Gasteiger partial charge in [0.25, 0.3) is 0 Å². The van der Waals surface area contributed by atoms with Crippen LogP contribution in [0.3, 0.4) is 0 Å². The molecule has 2 aromatic heterocycles. The van der Waals surface area contributed by atoms with Gasteiger partial charge in [0.15, 0.2) is 5.65 Å². The normalized spacial score (nSPS) is 15.6. The van der Waals surface area contributed by atoms with Gasteiger partial charge in [-0.05, 0) is 18.2 Å². The lowest BCUT2D eigenvalue weighted by molar-refractivity contribution is 0.0398. The molecular weight excluding hydrogens is 340 g/mol. The van der Waals surface area contributed by atoms with E-state index in [2.05, 4.69) is 25.3 Å². The van der Waals surface area contributed by atoms with Gasteiger partial charge in [-0.1, -0.05) is 17.7 Å². The summed E-state index contributed by atoms with van der Waals surface area (Å²) < 4.78 is 7.15. The van der Waals surface area contributed by atoms with Gasteiger partial charge in [-0.15, -0.1) is 0 Å². The number of anilines is 1. The summed E-state index contributed by atoms with van der Waals surface area (Å²) in [5, 5.41) is 9.41. The van der Waals surface area contributed by atoms with Gasteiger partial charge in [-0.3, -0.25) is 4.90 Å². The number of nitrogens with zero attached hydrogens (tertiary/aromatic N) is 5. The largest absolute Gasteiger partial charge is 0.379 e. The molecule has 1 aromatic carbocycles. The van der Waals surface area contributed by atoms with Crippen LogP contribution in [0.5, 0.6) is 0 Å². The highest BCUT2D eigenvalue weighted by Crippen LogP contribution is 2.22. The number of hydrogen-bond acceptors (Lipinski definition) is 6. The number of fused-ring (bicyclic) bond motifs is 1. The molecule has 0 aliphatic carbocycles. The highest BCUT2D eigenvalue weighted by molar-refractivity contribution is 6.30. The third-order valence-electron chi connectivity index (χ3n) is 4.24. The minimum absolute atomic E-state index is 0.666. The summed E-state index contributed by atoms with van der Waals surface area (Å²) in [4.78, 5) is 11.1. The fourth-order valence-corrected chi connectivity index (χ4v) is 3.12. The van der Waals surface area contributed by atoms with Crippen LogP contribution in [0, 0.1) is 0 Å². The molecule has 0 spiro atoms. The van der Waals surface area contributed by atoms with Crippen molar-refractivity contribution in [1.29, 1.82) is 0 Å². The fraction of sp³-hybridized carbons (Fsp3) is 0.353. The number of ether oxygens (including phenoxy) is 1. The Morgan fingerprint density at radius 1 is 1.20 bits per heavy atom. The summed E-state index contributed by atoms with van der Waals surface area (Å²) in [6.45, 7) is 5.35. The molecule has 1 fully saturated rings. The molecule has 3 heterocycles. The second-order valence-electron chi connectivity index (χ2n) is 5.88. The van der Waals surface area contributed by atoms with E-state index in [1.807, 2.05) is 24.3 Å². The Morgan fingerprint density at radius 2 is 2.08 bits per heavy atom. The quantitative estimate of drug-likeness (QED) is 0.754. The van der Waals surface area contributed by atoms with Gasteiger partial charge in [0.2, 0.25) is 0 Å². The van der Waals surface area contributed by atoms with Crippen molar-refractivity contribution in [3.8, 4) is 5.69 Å². The number of aromatic nitrogens is 4. The molecule has 1 saturated heterocycles. The molecule has 0 amide bonds. The van der Waals surface area contributed by atoms with Gasteiger partial charge in [-0.2, -0.15) is 5.10 Å². The van der Waals surface area contributed by atoms with E-state index in [0.29, 0.717) is 5.02 Å². The lowest BCUT2D eigenvalue weighted by atomic mass is 10.3. The number of hydrogen-bond donors (Lipinski definition) is 1. The lowest BCUT2D eigenvalue weighted by Gasteiger charge is -2.26. The Morgan fingerprint density at radius 3 is 2.92 bits per heavy atom. The van der Waals surface area contributed by atoms with Crippen molar-refractivity contribution in [3.05, 3.63) is 41.8 Å². The van der Waals surface area contributed by atoms with E-state index in [9.17, 15) is 0 Å². The molecule has 1 N–H and O–H groups in total. The molecule has 25 heavy (non-hydrogen) atoms. The van der Waals surface area contributed by atoms with Crippen LogP contribution < -0.4 is 5.32 Å². The van der Waals surface area contributed by atoms with Gasteiger partial charge in [-0.25, -0.2) is 14.6 Å². The van der Waals surface area contributed by atoms with Crippen LogP contribution in [0.2, 0.25) is 5.02 Å². The summed E-state index contributed by atoms with van der Waals surface area (Å²) >= 11 is 6.09. The fourth-order valence-electron chi connectivity index (χ4n) is 2.94. The van der Waals surface area contributed by atoms with Gasteiger partial charge in [0.1, 0.15) is 12.1 Å². The third-order valence-corrected chi connectivity index (χ3v) is 4.48. The summed E-state index contributed by atoms with van der Waals surface area (Å²) in [5.41, 5.74) is 1.63. The molecule has 0 saturated carbocycles. The Bertz CT molecular complexity index is 861. The minimum atomic E-state index is 0.666. The standard InChI is InChI=1S/C17H19ClN6O/c18-13-2-1-3-14(10-13)24-17-15(11-22-24)16(20-12-21-17)19-4-5-23-6-8-25-9-7-23/h1-3,10-12H,4-9H2,(H,19,20,21). The van der Waals surface area contributed by atoms with Crippen LogP contribution in [0.1, 0.15) is 0 Å². The molecule has 8 heteroatoms. The first kappa shape index (κ1) is 16.3. The maximum absolute atomic E-state index is 6.09. The molecule has 3 aromatic rings. The SMILES string of the molecule is Clc1cccc(-n2ncc3c(NCCN4CCOCC4)ncnc32)c1. The Kier molecular flexibility index (Phi) is 4.78. The summed E-state index contributed by atoms with van der Waals surface area (Å²) in [6.07, 6.45) is 3.34. The average molecular weight is 359 g/mol. The molecule has 0 atom stereocenters. The number of nitrogens with one attached hydrogen (secondary N) is 1. The predicted octanol–water partition coefficient (Wildman–Crippen LogP) is 2.21. The minimum Gasteiger partial charge on any atom is -0.379 e. The molecule has 1 aliphatic heterocycles. The van der Waals surface area contributed by atoms with Crippen molar-refractivity contribution in [2.45, 2.75) is 0 Å². The first-order valence-electron chi connectivity index (χ1n) is 8.30. The number of benzene rings is 1. The van der Waals surface area contributed by atoms with E-state index in [-0.39, 0.29) is 0 Å². The first-order valence-corrected chi connectivity index (χ1v) is 8.68. The number of rotatable bonds is 5. The third kappa shape index (κ3) is 3.58. The van der Waals surface area contributed by atoms with E-state index >= 15 is 0 Å². The van der Waals surface area contributed by atoms with Crippen LogP contribution >= 0.6 is 11.6 Å². The molecule has 0 unspecified atom stereocenters. The number of halogens is 1. The van der Waals surface area contributed by atoms with E-state index in [4.69, 9.17) is 16.3 Å². The van der Waals surface area contributed by atoms with Crippen molar-refractivity contribution >= 4 is 28.5 Å². The van der Waals surface area contributed by atoms with Gasteiger partial charge in [0.05, 0.1) is 30.5 Å². The molecular formula is C17H19ClN6O. The molecule has 4 rings (SSSR count). The topological polar surface area (TPSA) is 68.1 Å². The van der Waals surface area contributed by atoms with Crippen LogP contribution in [0.15, 0.2) is 36.8 Å². The Hall–Kier alpha value is -2.22. The van der Waals surface area contributed by atoms with Crippen LogP contribution in [-0.4, -0.2) is 64.0 Å². The Balaban J connectivity index is 1.52. The monoisotopic (exact) mass is 358 g/mol. The summed E-state index contributed by atoms with van der Waals surface area (Å²) in [5.74, 6) is 0.798. The van der Waals surface area contributed by atoms with Gasteiger partial charge in [0, 0.05) is 31.2 Å². The molecule has 7 nitrogen and oxygen atoms in total. The summed E-state index contributed by atoms with van der Waals surface area (Å²) in [6, 6.07) is 7.55. The van der Waals surface area contributed by atoms with Crippen molar-refractivity contribution in [3.63, 3.8) is 0 Å². The molecule has 130 valence electrons. The van der Waals surface area contributed by atoms with Gasteiger partial charge >= 0.3 is 0 Å². The zero-order chi connectivity index (χ0) is 17.1. The van der Waals surface area contributed by atoms with Crippen LogP contribution in [0.4, 0.5) is 5.82 Å². The number of morpholine rings is 1. The average Bonchev–Trinajstić information content (AvgIpc) is 3.08. The van der Waals surface area contributed by atoms with Crippen molar-refractivity contribution in [2.24, 2.45) is 0 Å². The lowest BCUT2D eigenvalue weighted by Crippen LogP contribution is -2.39.